The first kappa shape index (κ1) is 10.5. The lowest BCUT2D eigenvalue weighted by atomic mass is 9.85. The van der Waals surface area contributed by atoms with Gasteiger partial charge in [0.05, 0.1) is 6.04 Å². The third-order valence-corrected chi connectivity index (χ3v) is 2.98. The maximum Gasteiger partial charge on any atom is 0.234 e. The number of nitrogens with two attached hydrogens (primary N) is 2. The van der Waals surface area contributed by atoms with Crippen LogP contribution in [-0.4, -0.2) is 11.9 Å². The van der Waals surface area contributed by atoms with Gasteiger partial charge in [-0.05, 0) is 18.8 Å². The third kappa shape index (κ3) is 3.77. The monoisotopic (exact) mass is 184 g/mol. The molecule has 1 aliphatic carbocycles. The van der Waals surface area contributed by atoms with Crippen LogP contribution in [0.2, 0.25) is 0 Å². The van der Waals surface area contributed by atoms with E-state index < -0.39 is 6.04 Å². The second kappa shape index (κ2) is 5.22. The number of carbonyl (C=O) groups is 1. The van der Waals surface area contributed by atoms with E-state index in [1.165, 1.54) is 32.1 Å². The van der Waals surface area contributed by atoms with Crippen LogP contribution < -0.4 is 11.5 Å². The molecule has 1 amide bonds. The van der Waals surface area contributed by atoms with Crippen molar-refractivity contribution in [2.45, 2.75) is 51.0 Å². The van der Waals surface area contributed by atoms with E-state index in [0.717, 1.165) is 18.8 Å². The zero-order valence-electron chi connectivity index (χ0n) is 8.17. The second-order valence-corrected chi connectivity index (χ2v) is 4.09. The van der Waals surface area contributed by atoms with Gasteiger partial charge in [-0.1, -0.05) is 32.1 Å². The van der Waals surface area contributed by atoms with E-state index in [2.05, 4.69) is 0 Å². The van der Waals surface area contributed by atoms with Crippen LogP contribution in [0, 0.1) is 5.92 Å². The largest absolute Gasteiger partial charge is 0.368 e. The van der Waals surface area contributed by atoms with Gasteiger partial charge < -0.3 is 11.5 Å². The minimum absolute atomic E-state index is 0.365. The standard InChI is InChI=1S/C10H20N2O/c11-9(10(12)13)7-6-8-4-2-1-3-5-8/h8-9H,1-7,11H2,(H2,12,13). The van der Waals surface area contributed by atoms with Crippen LogP contribution in [0.4, 0.5) is 0 Å². The Labute approximate surface area is 79.9 Å². The Morgan fingerprint density at radius 3 is 2.46 bits per heavy atom. The van der Waals surface area contributed by atoms with E-state index in [4.69, 9.17) is 11.5 Å². The normalized spacial score (nSPS) is 21.3. The lowest BCUT2D eigenvalue weighted by Gasteiger charge is -2.22. The third-order valence-electron chi connectivity index (χ3n) is 2.98. The molecule has 1 unspecified atom stereocenters. The molecule has 0 saturated heterocycles. The minimum Gasteiger partial charge on any atom is -0.368 e. The van der Waals surface area contributed by atoms with Crippen molar-refractivity contribution in [3.8, 4) is 0 Å². The minimum atomic E-state index is -0.429. The summed E-state index contributed by atoms with van der Waals surface area (Å²) in [5, 5.41) is 0. The van der Waals surface area contributed by atoms with Crippen molar-refractivity contribution in [1.82, 2.24) is 0 Å². The molecule has 0 aromatic rings. The Kier molecular flexibility index (Phi) is 4.22. The SMILES string of the molecule is NC(=O)C(N)CCC1CCCCC1. The van der Waals surface area contributed by atoms with Crippen LogP contribution in [0.15, 0.2) is 0 Å². The molecule has 0 spiro atoms. The summed E-state index contributed by atoms with van der Waals surface area (Å²) < 4.78 is 0. The molecule has 4 N–H and O–H groups in total. The van der Waals surface area contributed by atoms with Gasteiger partial charge in [0.15, 0.2) is 0 Å². The number of hydrogen-bond acceptors (Lipinski definition) is 2. The first-order valence-corrected chi connectivity index (χ1v) is 5.25. The lowest BCUT2D eigenvalue weighted by Crippen LogP contribution is -2.36. The molecule has 3 nitrogen and oxygen atoms in total. The van der Waals surface area contributed by atoms with Crippen LogP contribution in [0.1, 0.15) is 44.9 Å². The Balaban J connectivity index is 2.13. The van der Waals surface area contributed by atoms with E-state index in [-0.39, 0.29) is 5.91 Å². The van der Waals surface area contributed by atoms with E-state index in [1.807, 2.05) is 0 Å². The molecular formula is C10H20N2O. The molecule has 0 aromatic carbocycles. The Morgan fingerprint density at radius 2 is 1.92 bits per heavy atom. The molecule has 76 valence electrons. The van der Waals surface area contributed by atoms with Gasteiger partial charge >= 0.3 is 0 Å². The van der Waals surface area contributed by atoms with Crippen LogP contribution in [0.25, 0.3) is 0 Å². The van der Waals surface area contributed by atoms with E-state index >= 15 is 0 Å². The highest BCUT2D eigenvalue weighted by Gasteiger charge is 2.16. The predicted molar refractivity (Wildman–Crippen MR) is 53.0 cm³/mol. The zero-order chi connectivity index (χ0) is 9.68. The molecule has 1 fully saturated rings. The summed E-state index contributed by atoms with van der Waals surface area (Å²) in [4.78, 5) is 10.7. The van der Waals surface area contributed by atoms with Crippen LogP contribution in [0.5, 0.6) is 0 Å². The van der Waals surface area contributed by atoms with Gasteiger partial charge in [-0.15, -0.1) is 0 Å². The molecule has 0 radical (unpaired) electrons. The number of primary amides is 1. The maximum atomic E-state index is 10.7. The molecule has 1 aliphatic rings. The molecule has 1 atom stereocenters. The highest BCUT2D eigenvalue weighted by molar-refractivity contribution is 5.79. The highest BCUT2D eigenvalue weighted by atomic mass is 16.1. The van der Waals surface area contributed by atoms with Gasteiger partial charge in [-0.2, -0.15) is 0 Å². The molecule has 0 aliphatic heterocycles. The first-order valence-electron chi connectivity index (χ1n) is 5.25. The van der Waals surface area contributed by atoms with Gasteiger partial charge in [0.1, 0.15) is 0 Å². The van der Waals surface area contributed by atoms with Crippen molar-refractivity contribution in [3.05, 3.63) is 0 Å². The maximum absolute atomic E-state index is 10.7. The number of amides is 1. The summed E-state index contributed by atoms with van der Waals surface area (Å²) in [6, 6.07) is -0.429. The van der Waals surface area contributed by atoms with Gasteiger partial charge in [0.2, 0.25) is 5.91 Å². The topological polar surface area (TPSA) is 69.1 Å². The Bertz CT molecular complexity index is 164. The molecule has 3 heteroatoms. The van der Waals surface area contributed by atoms with Crippen molar-refractivity contribution >= 4 is 5.91 Å². The van der Waals surface area contributed by atoms with Crippen molar-refractivity contribution in [2.75, 3.05) is 0 Å². The quantitative estimate of drug-likeness (QED) is 0.688. The highest BCUT2D eigenvalue weighted by Crippen LogP contribution is 2.27. The van der Waals surface area contributed by atoms with Crippen molar-refractivity contribution in [3.63, 3.8) is 0 Å². The van der Waals surface area contributed by atoms with Crippen molar-refractivity contribution < 1.29 is 4.79 Å². The smallest absolute Gasteiger partial charge is 0.234 e. The fourth-order valence-corrected chi connectivity index (χ4v) is 2.03. The van der Waals surface area contributed by atoms with Gasteiger partial charge in [0, 0.05) is 0 Å². The van der Waals surface area contributed by atoms with Gasteiger partial charge in [-0.25, -0.2) is 0 Å². The van der Waals surface area contributed by atoms with Gasteiger partial charge in [-0.3, -0.25) is 4.79 Å². The Hall–Kier alpha value is -0.570. The summed E-state index contributed by atoms with van der Waals surface area (Å²) in [6.45, 7) is 0. The van der Waals surface area contributed by atoms with Crippen LogP contribution in [-0.2, 0) is 4.79 Å². The summed E-state index contributed by atoms with van der Waals surface area (Å²) in [5.74, 6) is 0.426. The van der Waals surface area contributed by atoms with Crippen LogP contribution >= 0.6 is 0 Å². The van der Waals surface area contributed by atoms with Crippen molar-refractivity contribution in [2.24, 2.45) is 17.4 Å². The summed E-state index contributed by atoms with van der Waals surface area (Å²) in [6.07, 6.45) is 8.52. The second-order valence-electron chi connectivity index (χ2n) is 4.09. The summed E-state index contributed by atoms with van der Waals surface area (Å²) in [5.41, 5.74) is 10.6. The average molecular weight is 184 g/mol. The summed E-state index contributed by atoms with van der Waals surface area (Å²) in [7, 11) is 0. The molecule has 0 aromatic heterocycles. The van der Waals surface area contributed by atoms with Crippen molar-refractivity contribution in [1.29, 1.82) is 0 Å². The molecule has 0 heterocycles. The molecule has 0 bridgehead atoms. The molecule has 1 saturated carbocycles. The van der Waals surface area contributed by atoms with E-state index in [1.54, 1.807) is 0 Å². The van der Waals surface area contributed by atoms with E-state index in [9.17, 15) is 4.79 Å². The predicted octanol–water partition coefficient (Wildman–Crippen LogP) is 1.16. The first-order chi connectivity index (χ1) is 6.20. The number of rotatable bonds is 4. The fraction of sp³-hybridized carbons (Fsp3) is 0.900. The van der Waals surface area contributed by atoms with Gasteiger partial charge in [0.25, 0.3) is 0 Å². The Morgan fingerprint density at radius 1 is 1.31 bits per heavy atom. The molecule has 13 heavy (non-hydrogen) atoms. The van der Waals surface area contributed by atoms with Crippen LogP contribution in [0.3, 0.4) is 0 Å². The molecule has 1 rings (SSSR count). The number of hydrogen-bond donors (Lipinski definition) is 2. The lowest BCUT2D eigenvalue weighted by molar-refractivity contribution is -0.119. The number of carbonyl (C=O) groups excluding carboxylic acids is 1. The molecular weight excluding hydrogens is 164 g/mol. The van der Waals surface area contributed by atoms with E-state index in [0.29, 0.717) is 0 Å². The fourth-order valence-electron chi connectivity index (χ4n) is 2.03. The average Bonchev–Trinajstić information content (AvgIpc) is 2.15. The summed E-state index contributed by atoms with van der Waals surface area (Å²) >= 11 is 0. The zero-order valence-corrected chi connectivity index (χ0v) is 8.17.